The highest BCUT2D eigenvalue weighted by Crippen LogP contribution is 2.41. The van der Waals surface area contributed by atoms with E-state index < -0.39 is 0 Å². The Labute approximate surface area is 112 Å². The SMILES string of the molecule is CC(C)c1cc(C(C)C)c2c(c1)[C@H](N)CCC2C. The van der Waals surface area contributed by atoms with E-state index in [-0.39, 0.29) is 6.04 Å². The Bertz CT molecular complexity index is 414. The molecule has 1 nitrogen and oxygen atoms in total. The maximum absolute atomic E-state index is 6.35. The van der Waals surface area contributed by atoms with Crippen LogP contribution >= 0.6 is 0 Å². The van der Waals surface area contributed by atoms with Crippen LogP contribution in [0, 0.1) is 0 Å². The Morgan fingerprint density at radius 1 is 1.06 bits per heavy atom. The van der Waals surface area contributed by atoms with Gasteiger partial charge in [0.1, 0.15) is 0 Å². The van der Waals surface area contributed by atoms with Gasteiger partial charge in [0.25, 0.3) is 0 Å². The lowest BCUT2D eigenvalue weighted by Gasteiger charge is -2.32. The van der Waals surface area contributed by atoms with Gasteiger partial charge in [0.05, 0.1) is 0 Å². The van der Waals surface area contributed by atoms with Crippen LogP contribution in [-0.4, -0.2) is 0 Å². The highest BCUT2D eigenvalue weighted by atomic mass is 14.6. The first kappa shape index (κ1) is 13.6. The zero-order valence-electron chi connectivity index (χ0n) is 12.5. The Balaban J connectivity index is 2.64. The van der Waals surface area contributed by atoms with Crippen LogP contribution in [0.5, 0.6) is 0 Å². The molecule has 2 rings (SSSR count). The molecule has 1 aliphatic carbocycles. The number of fused-ring (bicyclic) bond motifs is 1. The van der Waals surface area contributed by atoms with Gasteiger partial charge in [-0.25, -0.2) is 0 Å². The number of rotatable bonds is 2. The van der Waals surface area contributed by atoms with E-state index in [0.717, 1.165) is 6.42 Å². The molecule has 0 saturated carbocycles. The molecule has 0 aromatic heterocycles. The molecule has 1 unspecified atom stereocenters. The van der Waals surface area contributed by atoms with Crippen molar-refractivity contribution < 1.29 is 0 Å². The molecular weight excluding hydrogens is 218 g/mol. The van der Waals surface area contributed by atoms with E-state index in [1.54, 1.807) is 5.56 Å². The highest BCUT2D eigenvalue weighted by molar-refractivity contribution is 5.46. The van der Waals surface area contributed by atoms with Gasteiger partial charge < -0.3 is 5.73 Å². The normalized spacial score (nSPS) is 23.6. The van der Waals surface area contributed by atoms with Crippen molar-refractivity contribution in [1.82, 2.24) is 0 Å². The molecule has 0 bridgehead atoms. The molecule has 100 valence electrons. The van der Waals surface area contributed by atoms with Crippen molar-refractivity contribution in [2.75, 3.05) is 0 Å². The predicted octanol–water partition coefficient (Wildman–Crippen LogP) is 4.83. The monoisotopic (exact) mass is 245 g/mol. The van der Waals surface area contributed by atoms with Crippen LogP contribution in [0.4, 0.5) is 0 Å². The van der Waals surface area contributed by atoms with Gasteiger partial charge in [-0.3, -0.25) is 0 Å². The van der Waals surface area contributed by atoms with Crippen molar-refractivity contribution in [2.45, 2.75) is 71.3 Å². The Hall–Kier alpha value is -0.820. The lowest BCUT2D eigenvalue weighted by Crippen LogP contribution is -2.22. The summed E-state index contributed by atoms with van der Waals surface area (Å²) in [5, 5.41) is 0. The maximum atomic E-state index is 6.35. The van der Waals surface area contributed by atoms with Crippen molar-refractivity contribution in [1.29, 1.82) is 0 Å². The molecule has 1 heteroatoms. The summed E-state index contributed by atoms with van der Waals surface area (Å²) in [5.74, 6) is 1.83. The second kappa shape index (κ2) is 5.05. The zero-order valence-corrected chi connectivity index (χ0v) is 12.5. The molecule has 0 saturated heterocycles. The van der Waals surface area contributed by atoms with Crippen molar-refractivity contribution in [2.24, 2.45) is 5.73 Å². The highest BCUT2D eigenvalue weighted by Gasteiger charge is 2.26. The van der Waals surface area contributed by atoms with Crippen LogP contribution < -0.4 is 5.73 Å². The average molecular weight is 245 g/mol. The van der Waals surface area contributed by atoms with E-state index >= 15 is 0 Å². The summed E-state index contributed by atoms with van der Waals surface area (Å²) in [7, 11) is 0. The largest absolute Gasteiger partial charge is 0.324 e. The first-order valence-corrected chi connectivity index (χ1v) is 7.35. The van der Waals surface area contributed by atoms with Gasteiger partial charge in [0, 0.05) is 6.04 Å². The second-order valence-corrected chi connectivity index (χ2v) is 6.51. The van der Waals surface area contributed by atoms with Crippen LogP contribution in [0.2, 0.25) is 0 Å². The number of benzene rings is 1. The van der Waals surface area contributed by atoms with Gasteiger partial charge in [-0.1, -0.05) is 46.8 Å². The van der Waals surface area contributed by atoms with Crippen LogP contribution in [0.3, 0.4) is 0 Å². The molecule has 0 radical (unpaired) electrons. The van der Waals surface area contributed by atoms with Gasteiger partial charge in [-0.2, -0.15) is 0 Å². The van der Waals surface area contributed by atoms with Crippen molar-refractivity contribution in [3.8, 4) is 0 Å². The van der Waals surface area contributed by atoms with Crippen molar-refractivity contribution in [3.63, 3.8) is 0 Å². The van der Waals surface area contributed by atoms with Gasteiger partial charge in [-0.05, 0) is 52.8 Å². The quantitative estimate of drug-likeness (QED) is 0.793. The fraction of sp³-hybridized carbons (Fsp3) is 0.647. The topological polar surface area (TPSA) is 26.0 Å². The molecule has 1 aliphatic rings. The van der Waals surface area contributed by atoms with Gasteiger partial charge in [0.2, 0.25) is 0 Å². The third kappa shape index (κ3) is 2.33. The van der Waals surface area contributed by atoms with Crippen LogP contribution in [0.25, 0.3) is 0 Å². The van der Waals surface area contributed by atoms with Gasteiger partial charge in [0.15, 0.2) is 0 Å². The molecule has 2 atom stereocenters. The molecule has 0 spiro atoms. The molecule has 1 aromatic rings. The van der Waals surface area contributed by atoms with Gasteiger partial charge >= 0.3 is 0 Å². The molecule has 2 N–H and O–H groups in total. The molecule has 18 heavy (non-hydrogen) atoms. The first-order chi connectivity index (χ1) is 8.41. The average Bonchev–Trinajstić information content (AvgIpc) is 2.32. The molecular formula is C17H27N. The molecule has 1 aromatic carbocycles. The molecule has 0 amide bonds. The zero-order chi connectivity index (χ0) is 13.4. The Morgan fingerprint density at radius 2 is 1.72 bits per heavy atom. The first-order valence-electron chi connectivity index (χ1n) is 7.35. The summed E-state index contributed by atoms with van der Waals surface area (Å²) >= 11 is 0. The number of hydrogen-bond acceptors (Lipinski definition) is 1. The summed E-state index contributed by atoms with van der Waals surface area (Å²) in [4.78, 5) is 0. The summed E-state index contributed by atoms with van der Waals surface area (Å²) in [5.41, 5.74) is 12.3. The lowest BCUT2D eigenvalue weighted by atomic mass is 9.75. The van der Waals surface area contributed by atoms with E-state index in [4.69, 9.17) is 5.73 Å². The minimum absolute atomic E-state index is 0.243. The second-order valence-electron chi connectivity index (χ2n) is 6.51. The van der Waals surface area contributed by atoms with E-state index in [0.29, 0.717) is 17.8 Å². The predicted molar refractivity (Wildman–Crippen MR) is 79.2 cm³/mol. The summed E-state index contributed by atoms with van der Waals surface area (Å²) in [6.07, 6.45) is 2.36. The van der Waals surface area contributed by atoms with Crippen LogP contribution in [-0.2, 0) is 0 Å². The summed E-state index contributed by atoms with van der Waals surface area (Å²) in [6, 6.07) is 5.03. The summed E-state index contributed by atoms with van der Waals surface area (Å²) < 4.78 is 0. The minimum Gasteiger partial charge on any atom is -0.324 e. The summed E-state index contributed by atoms with van der Waals surface area (Å²) in [6.45, 7) is 11.5. The molecule has 0 heterocycles. The fourth-order valence-corrected chi connectivity index (χ4v) is 3.14. The van der Waals surface area contributed by atoms with Crippen molar-refractivity contribution >= 4 is 0 Å². The van der Waals surface area contributed by atoms with Gasteiger partial charge in [-0.15, -0.1) is 0 Å². The number of nitrogens with two attached hydrogens (primary N) is 1. The van der Waals surface area contributed by atoms with Crippen LogP contribution in [0.15, 0.2) is 12.1 Å². The smallest absolute Gasteiger partial charge is 0.0298 e. The van der Waals surface area contributed by atoms with E-state index in [2.05, 4.69) is 46.8 Å². The Morgan fingerprint density at radius 3 is 2.28 bits per heavy atom. The number of hydrogen-bond donors (Lipinski definition) is 1. The maximum Gasteiger partial charge on any atom is 0.0298 e. The Kier molecular flexibility index (Phi) is 3.82. The minimum atomic E-state index is 0.243. The van der Waals surface area contributed by atoms with Crippen LogP contribution in [0.1, 0.15) is 93.5 Å². The molecule has 0 aliphatic heterocycles. The third-order valence-electron chi connectivity index (χ3n) is 4.36. The lowest BCUT2D eigenvalue weighted by molar-refractivity contribution is 0.506. The van der Waals surface area contributed by atoms with Crippen molar-refractivity contribution in [3.05, 3.63) is 34.4 Å². The standard InChI is InChI=1S/C17H27N/c1-10(2)13-8-14(11(3)4)17-12(5)6-7-16(18)15(17)9-13/h8-12,16H,6-7,18H2,1-5H3/t12?,16-/m1/s1. The fourth-order valence-electron chi connectivity index (χ4n) is 3.14. The van der Waals surface area contributed by atoms with E-state index in [1.165, 1.54) is 23.1 Å². The van der Waals surface area contributed by atoms with E-state index in [1.807, 2.05) is 0 Å². The van der Waals surface area contributed by atoms with E-state index in [9.17, 15) is 0 Å². The third-order valence-corrected chi connectivity index (χ3v) is 4.36. The molecule has 0 fully saturated rings.